The molecular weight excluding hydrogens is 463 g/mol. The van der Waals surface area contributed by atoms with Gasteiger partial charge in [-0.15, -0.1) is 0 Å². The van der Waals surface area contributed by atoms with Crippen LogP contribution in [0.3, 0.4) is 0 Å². The lowest BCUT2D eigenvalue weighted by molar-refractivity contribution is 0.0621. The fraction of sp³-hybridized carbons (Fsp3) is 0.316. The zero-order valence-electron chi connectivity index (χ0n) is 15.5. The molecule has 0 atom stereocenters. The van der Waals surface area contributed by atoms with E-state index in [1.54, 1.807) is 38.8 Å². The van der Waals surface area contributed by atoms with Gasteiger partial charge in [-0.2, -0.15) is 10.2 Å². The monoisotopic (exact) mass is 480 g/mol. The first-order chi connectivity index (χ1) is 14.0. The first-order valence-electron chi connectivity index (χ1n) is 9.15. The van der Waals surface area contributed by atoms with Gasteiger partial charge in [-0.05, 0) is 39.7 Å². The third kappa shape index (κ3) is 4.85. The summed E-state index contributed by atoms with van der Waals surface area (Å²) in [4.78, 5) is 16.8. The van der Waals surface area contributed by atoms with E-state index < -0.39 is 0 Å². The van der Waals surface area contributed by atoms with Crippen LogP contribution in [0.1, 0.15) is 16.1 Å². The molecule has 2 aromatic heterocycles. The van der Waals surface area contributed by atoms with E-state index in [0.717, 1.165) is 23.1 Å². The number of carbonyl (C=O) groups excluding carboxylic acids is 1. The standard InChI is InChI=1S/C19H19BrClFN6O/c20-15-10-23-28(12-15)13-27-4-3-18(24-27)19(29)26-7-5-25(6-8-26)11-14-1-2-16(22)9-17(14)21/h1-4,9-10,12H,5-8,11,13H2. The topological polar surface area (TPSA) is 59.2 Å². The molecule has 1 fully saturated rings. The van der Waals surface area contributed by atoms with Crippen LogP contribution in [0.4, 0.5) is 4.39 Å². The maximum Gasteiger partial charge on any atom is 0.274 e. The number of nitrogens with zero attached hydrogens (tertiary/aromatic N) is 6. The first kappa shape index (κ1) is 20.1. The molecule has 0 N–H and O–H groups in total. The van der Waals surface area contributed by atoms with E-state index in [4.69, 9.17) is 11.6 Å². The number of rotatable bonds is 5. The summed E-state index contributed by atoms with van der Waals surface area (Å²) in [6.45, 7) is 3.73. The summed E-state index contributed by atoms with van der Waals surface area (Å²) in [6.07, 6.45) is 5.32. The second-order valence-corrected chi connectivity index (χ2v) is 8.21. The highest BCUT2D eigenvalue weighted by molar-refractivity contribution is 9.10. The summed E-state index contributed by atoms with van der Waals surface area (Å²) in [5.74, 6) is -0.418. The van der Waals surface area contributed by atoms with Gasteiger partial charge in [-0.3, -0.25) is 14.4 Å². The summed E-state index contributed by atoms with van der Waals surface area (Å²) in [5.41, 5.74) is 1.31. The van der Waals surface area contributed by atoms with E-state index >= 15 is 0 Å². The van der Waals surface area contributed by atoms with Crippen molar-refractivity contribution < 1.29 is 9.18 Å². The Hall–Kier alpha value is -2.23. The van der Waals surface area contributed by atoms with Gasteiger partial charge in [0, 0.05) is 50.1 Å². The predicted molar refractivity (Wildman–Crippen MR) is 110 cm³/mol. The molecule has 3 aromatic rings. The van der Waals surface area contributed by atoms with E-state index in [2.05, 4.69) is 31.0 Å². The Morgan fingerprint density at radius 1 is 1.17 bits per heavy atom. The molecule has 0 saturated carbocycles. The third-order valence-electron chi connectivity index (χ3n) is 4.82. The number of hydrogen-bond acceptors (Lipinski definition) is 4. The van der Waals surface area contributed by atoms with E-state index in [0.29, 0.717) is 37.0 Å². The summed E-state index contributed by atoms with van der Waals surface area (Å²) in [6, 6.07) is 6.18. The van der Waals surface area contributed by atoms with Crippen molar-refractivity contribution in [1.82, 2.24) is 29.4 Å². The average Bonchev–Trinajstić information content (AvgIpc) is 3.33. The number of halogens is 3. The number of amides is 1. The molecule has 0 aliphatic carbocycles. The van der Waals surface area contributed by atoms with Crippen LogP contribution in [-0.4, -0.2) is 61.4 Å². The van der Waals surface area contributed by atoms with Crippen molar-refractivity contribution in [2.75, 3.05) is 26.2 Å². The summed E-state index contributed by atoms with van der Waals surface area (Å²) >= 11 is 9.48. The van der Waals surface area contributed by atoms with Crippen LogP contribution in [0.15, 0.2) is 47.3 Å². The van der Waals surface area contributed by atoms with Gasteiger partial charge in [0.05, 0.1) is 10.7 Å². The Labute approximate surface area is 180 Å². The van der Waals surface area contributed by atoms with Crippen LogP contribution in [0.2, 0.25) is 5.02 Å². The fourth-order valence-electron chi connectivity index (χ4n) is 3.28. The lowest BCUT2D eigenvalue weighted by Crippen LogP contribution is -2.48. The lowest BCUT2D eigenvalue weighted by atomic mass is 10.2. The van der Waals surface area contributed by atoms with E-state index in [1.807, 2.05) is 6.20 Å². The molecule has 0 bridgehead atoms. The van der Waals surface area contributed by atoms with Gasteiger partial charge in [0.2, 0.25) is 0 Å². The van der Waals surface area contributed by atoms with Gasteiger partial charge in [0.25, 0.3) is 5.91 Å². The summed E-state index contributed by atoms with van der Waals surface area (Å²) < 4.78 is 17.5. The van der Waals surface area contributed by atoms with Crippen LogP contribution in [0.25, 0.3) is 0 Å². The van der Waals surface area contributed by atoms with Crippen molar-refractivity contribution in [3.8, 4) is 0 Å². The zero-order valence-corrected chi connectivity index (χ0v) is 17.9. The number of piperazine rings is 1. The Morgan fingerprint density at radius 2 is 1.97 bits per heavy atom. The highest BCUT2D eigenvalue weighted by atomic mass is 79.9. The third-order valence-corrected chi connectivity index (χ3v) is 5.58. The van der Waals surface area contributed by atoms with E-state index in [9.17, 15) is 9.18 Å². The molecular formula is C19H19BrClFN6O. The summed E-state index contributed by atoms with van der Waals surface area (Å²) in [5, 5.41) is 8.99. The Morgan fingerprint density at radius 3 is 2.66 bits per heavy atom. The number of benzene rings is 1. The van der Waals surface area contributed by atoms with Gasteiger partial charge in [0.15, 0.2) is 0 Å². The van der Waals surface area contributed by atoms with Gasteiger partial charge in [-0.1, -0.05) is 17.7 Å². The zero-order chi connectivity index (χ0) is 20.4. The maximum atomic E-state index is 13.2. The molecule has 10 heteroatoms. The predicted octanol–water partition coefficient (Wildman–Crippen LogP) is 3.10. The Bertz CT molecular complexity index is 1010. The SMILES string of the molecule is O=C(c1ccn(Cn2cc(Br)cn2)n1)N1CCN(Cc2ccc(F)cc2Cl)CC1. The van der Waals surface area contributed by atoms with Gasteiger partial charge in [0.1, 0.15) is 18.2 Å². The molecule has 0 radical (unpaired) electrons. The van der Waals surface area contributed by atoms with Crippen LogP contribution in [0, 0.1) is 5.82 Å². The van der Waals surface area contributed by atoms with Crippen LogP contribution in [-0.2, 0) is 13.2 Å². The minimum Gasteiger partial charge on any atom is -0.335 e. The van der Waals surface area contributed by atoms with Crippen LogP contribution < -0.4 is 0 Å². The number of hydrogen-bond donors (Lipinski definition) is 0. The molecule has 29 heavy (non-hydrogen) atoms. The molecule has 1 amide bonds. The van der Waals surface area contributed by atoms with Crippen molar-refractivity contribution >= 4 is 33.4 Å². The Kier molecular flexibility index (Phi) is 5.98. The molecule has 1 aliphatic rings. The van der Waals surface area contributed by atoms with Crippen molar-refractivity contribution in [3.63, 3.8) is 0 Å². The molecule has 152 valence electrons. The smallest absolute Gasteiger partial charge is 0.274 e. The van der Waals surface area contributed by atoms with Crippen LogP contribution >= 0.6 is 27.5 Å². The lowest BCUT2D eigenvalue weighted by Gasteiger charge is -2.34. The molecule has 0 unspecified atom stereocenters. The molecule has 3 heterocycles. The largest absolute Gasteiger partial charge is 0.335 e. The highest BCUT2D eigenvalue weighted by Gasteiger charge is 2.24. The van der Waals surface area contributed by atoms with Gasteiger partial charge < -0.3 is 4.90 Å². The number of carbonyl (C=O) groups is 1. The fourth-order valence-corrected chi connectivity index (χ4v) is 3.84. The van der Waals surface area contributed by atoms with Crippen molar-refractivity contribution in [2.45, 2.75) is 13.2 Å². The minimum absolute atomic E-state index is 0.0788. The minimum atomic E-state index is -0.339. The summed E-state index contributed by atoms with van der Waals surface area (Å²) in [7, 11) is 0. The van der Waals surface area contributed by atoms with Gasteiger partial charge >= 0.3 is 0 Å². The molecule has 0 spiro atoms. The van der Waals surface area contributed by atoms with Gasteiger partial charge in [-0.25, -0.2) is 9.07 Å². The van der Waals surface area contributed by atoms with Crippen molar-refractivity contribution in [3.05, 3.63) is 69.4 Å². The Balaban J connectivity index is 1.32. The van der Waals surface area contributed by atoms with Crippen molar-refractivity contribution in [1.29, 1.82) is 0 Å². The number of aromatic nitrogens is 4. The second kappa shape index (κ2) is 8.64. The molecule has 7 nitrogen and oxygen atoms in total. The van der Waals surface area contributed by atoms with Crippen molar-refractivity contribution in [2.24, 2.45) is 0 Å². The van der Waals surface area contributed by atoms with E-state index in [1.165, 1.54) is 12.1 Å². The normalized spacial score (nSPS) is 15.1. The quantitative estimate of drug-likeness (QED) is 0.562. The second-order valence-electron chi connectivity index (χ2n) is 6.88. The molecule has 1 saturated heterocycles. The highest BCUT2D eigenvalue weighted by Crippen LogP contribution is 2.20. The molecule has 4 rings (SSSR count). The molecule has 1 aromatic carbocycles. The molecule has 1 aliphatic heterocycles. The first-order valence-corrected chi connectivity index (χ1v) is 10.3. The maximum absolute atomic E-state index is 13.2. The van der Waals surface area contributed by atoms with E-state index in [-0.39, 0.29) is 11.7 Å². The average molecular weight is 482 g/mol. The van der Waals surface area contributed by atoms with Crippen LogP contribution in [0.5, 0.6) is 0 Å².